The minimum absolute atomic E-state index is 0.620. The maximum absolute atomic E-state index is 5.57. The van der Waals surface area contributed by atoms with E-state index in [0.717, 1.165) is 36.4 Å². The Bertz CT molecular complexity index is 915. The molecule has 0 radical (unpaired) electrons. The van der Waals surface area contributed by atoms with Gasteiger partial charge in [0.2, 0.25) is 11.3 Å². The Hall–Kier alpha value is -2.53. The first-order valence-electron chi connectivity index (χ1n) is 10.5. The van der Waals surface area contributed by atoms with Gasteiger partial charge < -0.3 is 14.0 Å². The number of likely N-dealkylation sites (tertiary alicyclic amines) is 1. The number of ether oxygens (including phenoxy) is 2. The van der Waals surface area contributed by atoms with Crippen molar-refractivity contribution in [1.29, 1.82) is 0 Å². The summed E-state index contributed by atoms with van der Waals surface area (Å²) in [6.07, 6.45) is 5.90. The van der Waals surface area contributed by atoms with Crippen molar-refractivity contribution in [2.24, 2.45) is 5.92 Å². The van der Waals surface area contributed by atoms with Gasteiger partial charge in [0.1, 0.15) is 0 Å². The average molecular weight is 395 g/mol. The summed E-state index contributed by atoms with van der Waals surface area (Å²) in [7, 11) is 3.26. The number of aryl methyl sites for hydroxylation is 1. The fourth-order valence-corrected chi connectivity index (χ4v) is 4.38. The zero-order valence-electron chi connectivity index (χ0n) is 17.4. The van der Waals surface area contributed by atoms with Gasteiger partial charge in [-0.3, -0.25) is 4.90 Å². The molecule has 0 atom stereocenters. The quantitative estimate of drug-likeness (QED) is 0.533. The van der Waals surface area contributed by atoms with Crippen LogP contribution in [0.5, 0.6) is 11.5 Å². The van der Waals surface area contributed by atoms with Crippen LogP contribution >= 0.6 is 0 Å². The van der Waals surface area contributed by atoms with Crippen LogP contribution < -0.4 is 9.47 Å². The Morgan fingerprint density at radius 1 is 1.03 bits per heavy atom. The maximum atomic E-state index is 5.57. The Kier molecular flexibility index (Phi) is 6.35. The molecule has 0 amide bonds. The summed E-state index contributed by atoms with van der Waals surface area (Å²) < 4.78 is 16.4. The van der Waals surface area contributed by atoms with Crippen LogP contribution in [0, 0.1) is 5.92 Å². The molecule has 1 aromatic heterocycles. The van der Waals surface area contributed by atoms with Gasteiger partial charge in [-0.2, -0.15) is 0 Å². The number of aromatic nitrogens is 1. The minimum atomic E-state index is 0.620. The molecule has 3 aromatic rings. The summed E-state index contributed by atoms with van der Waals surface area (Å²) in [6, 6.07) is 14.7. The molecule has 0 unspecified atom stereocenters. The van der Waals surface area contributed by atoms with Crippen LogP contribution in [0.4, 0.5) is 0 Å². The van der Waals surface area contributed by atoms with E-state index in [9.17, 15) is 0 Å². The normalized spacial score (nSPS) is 15.7. The highest BCUT2D eigenvalue weighted by atomic mass is 16.5. The maximum Gasteiger partial charge on any atom is 0.212 e. The lowest BCUT2D eigenvalue weighted by atomic mass is 9.91. The molecule has 0 spiro atoms. The molecule has 154 valence electrons. The summed E-state index contributed by atoms with van der Waals surface area (Å²) in [4.78, 5) is 2.58. The third-order valence-corrected chi connectivity index (χ3v) is 6.04. The highest BCUT2D eigenvalue weighted by molar-refractivity contribution is 5.87. The van der Waals surface area contributed by atoms with Crippen LogP contribution in [-0.4, -0.2) is 37.4 Å². The van der Waals surface area contributed by atoms with Crippen LogP contribution in [0.2, 0.25) is 0 Å². The molecule has 0 aliphatic carbocycles. The lowest BCUT2D eigenvalue weighted by Crippen LogP contribution is -2.33. The fraction of sp³-hybridized carbons (Fsp3) is 0.458. The van der Waals surface area contributed by atoms with Crippen LogP contribution in [0.15, 0.2) is 47.0 Å². The summed E-state index contributed by atoms with van der Waals surface area (Å²) in [5.74, 6) is 2.11. The van der Waals surface area contributed by atoms with Gasteiger partial charge in [0.15, 0.2) is 5.75 Å². The minimum Gasteiger partial charge on any atom is -0.493 e. The van der Waals surface area contributed by atoms with Crippen molar-refractivity contribution in [3.63, 3.8) is 0 Å². The first kappa shape index (κ1) is 19.8. The molecule has 5 nitrogen and oxygen atoms in total. The van der Waals surface area contributed by atoms with Crippen LogP contribution in [0.3, 0.4) is 0 Å². The molecule has 5 heteroatoms. The number of rotatable bonds is 8. The van der Waals surface area contributed by atoms with E-state index in [1.165, 1.54) is 37.9 Å². The number of fused-ring (bicyclic) bond motifs is 1. The van der Waals surface area contributed by atoms with Crippen LogP contribution in [0.1, 0.15) is 36.9 Å². The van der Waals surface area contributed by atoms with E-state index in [-0.39, 0.29) is 0 Å². The molecule has 1 aliphatic heterocycles. The molecule has 0 saturated carbocycles. The van der Waals surface area contributed by atoms with Crippen molar-refractivity contribution >= 4 is 11.0 Å². The van der Waals surface area contributed by atoms with E-state index in [1.54, 1.807) is 14.2 Å². The molecular weight excluding hydrogens is 364 g/mol. The van der Waals surface area contributed by atoms with Gasteiger partial charge in [-0.25, -0.2) is 0 Å². The molecule has 0 N–H and O–H groups in total. The third-order valence-electron chi connectivity index (χ3n) is 6.04. The lowest BCUT2D eigenvalue weighted by Gasteiger charge is -2.32. The largest absolute Gasteiger partial charge is 0.493 e. The monoisotopic (exact) mass is 394 g/mol. The van der Waals surface area contributed by atoms with Gasteiger partial charge in [0, 0.05) is 11.9 Å². The topological polar surface area (TPSA) is 47.7 Å². The number of nitrogens with zero attached hydrogens (tertiary/aromatic N) is 2. The predicted octanol–water partition coefficient (Wildman–Crippen LogP) is 5.08. The van der Waals surface area contributed by atoms with E-state index in [2.05, 4.69) is 40.4 Å². The summed E-state index contributed by atoms with van der Waals surface area (Å²) in [5.41, 5.74) is 3.11. The molecule has 4 rings (SSSR count). The van der Waals surface area contributed by atoms with Crippen molar-refractivity contribution in [2.75, 3.05) is 27.3 Å². The molecule has 1 fully saturated rings. The molecule has 1 saturated heterocycles. The van der Waals surface area contributed by atoms with E-state index in [0.29, 0.717) is 17.1 Å². The second-order valence-corrected chi connectivity index (χ2v) is 7.90. The second-order valence-electron chi connectivity index (χ2n) is 7.90. The van der Waals surface area contributed by atoms with Gasteiger partial charge in [0.05, 0.1) is 19.9 Å². The highest BCUT2D eigenvalue weighted by Gasteiger charge is 2.20. The Balaban J connectivity index is 1.27. The molecule has 29 heavy (non-hydrogen) atoms. The van der Waals surface area contributed by atoms with Crippen molar-refractivity contribution in [3.8, 4) is 11.5 Å². The second kappa shape index (κ2) is 9.31. The standard InChI is InChI=1S/C24H30N2O3/c1-27-22-12-11-20-21(25-29-23(20)24(22)28-2)10-6-9-18-13-15-26(16-14-18)17-19-7-4-3-5-8-19/h3-5,7-8,11-12,18H,6,9-10,13-17H2,1-2H3. The van der Waals surface area contributed by atoms with Gasteiger partial charge in [-0.15, -0.1) is 0 Å². The molecule has 0 bridgehead atoms. The Morgan fingerprint density at radius 3 is 2.55 bits per heavy atom. The van der Waals surface area contributed by atoms with E-state index in [1.807, 2.05) is 12.1 Å². The van der Waals surface area contributed by atoms with Crippen molar-refractivity contribution < 1.29 is 14.0 Å². The summed E-state index contributed by atoms with van der Waals surface area (Å²) in [6.45, 7) is 3.47. The number of hydrogen-bond donors (Lipinski definition) is 0. The highest BCUT2D eigenvalue weighted by Crippen LogP contribution is 2.37. The number of piperidine rings is 1. The summed E-state index contributed by atoms with van der Waals surface area (Å²) >= 11 is 0. The third kappa shape index (κ3) is 4.56. The van der Waals surface area contributed by atoms with Crippen molar-refractivity contribution in [3.05, 3.63) is 53.7 Å². The summed E-state index contributed by atoms with van der Waals surface area (Å²) in [5, 5.41) is 5.33. The number of benzene rings is 2. The van der Waals surface area contributed by atoms with Crippen molar-refractivity contribution in [2.45, 2.75) is 38.6 Å². The smallest absolute Gasteiger partial charge is 0.212 e. The number of hydrogen-bond acceptors (Lipinski definition) is 5. The SMILES string of the molecule is COc1ccc2c(CCCC3CCN(Cc4ccccc4)CC3)noc2c1OC. The molecule has 2 heterocycles. The average Bonchev–Trinajstić information content (AvgIpc) is 3.18. The Morgan fingerprint density at radius 2 is 1.83 bits per heavy atom. The van der Waals surface area contributed by atoms with E-state index in [4.69, 9.17) is 14.0 Å². The fourth-order valence-electron chi connectivity index (χ4n) is 4.38. The molecular formula is C24H30N2O3. The van der Waals surface area contributed by atoms with Crippen molar-refractivity contribution in [1.82, 2.24) is 10.1 Å². The van der Waals surface area contributed by atoms with Crippen LogP contribution in [-0.2, 0) is 13.0 Å². The first-order chi connectivity index (χ1) is 14.3. The van der Waals surface area contributed by atoms with Crippen LogP contribution in [0.25, 0.3) is 11.0 Å². The first-order valence-corrected chi connectivity index (χ1v) is 10.5. The molecule has 2 aromatic carbocycles. The lowest BCUT2D eigenvalue weighted by molar-refractivity contribution is 0.171. The van der Waals surface area contributed by atoms with Gasteiger partial charge in [-0.1, -0.05) is 35.5 Å². The van der Waals surface area contributed by atoms with E-state index < -0.39 is 0 Å². The zero-order valence-corrected chi connectivity index (χ0v) is 17.4. The Labute approximate surface area is 172 Å². The van der Waals surface area contributed by atoms with Gasteiger partial charge in [0.25, 0.3) is 0 Å². The number of methoxy groups -OCH3 is 2. The molecule has 1 aliphatic rings. The van der Waals surface area contributed by atoms with Gasteiger partial charge >= 0.3 is 0 Å². The predicted molar refractivity (Wildman–Crippen MR) is 114 cm³/mol. The van der Waals surface area contributed by atoms with E-state index >= 15 is 0 Å². The van der Waals surface area contributed by atoms with Gasteiger partial charge in [-0.05, 0) is 68.8 Å². The zero-order chi connectivity index (χ0) is 20.1.